The minimum absolute atomic E-state index is 0.00219. The molecule has 0 radical (unpaired) electrons. The fourth-order valence-corrected chi connectivity index (χ4v) is 5.97. The molecule has 0 N–H and O–H groups in total. The van der Waals surface area contributed by atoms with E-state index < -0.39 is 28.5 Å². The predicted molar refractivity (Wildman–Crippen MR) is 139 cm³/mol. The zero-order chi connectivity index (χ0) is 26.4. The number of Topliss-reactive ketones (excluding diaryl/α,β-unsaturated/α-hetero) is 3. The summed E-state index contributed by atoms with van der Waals surface area (Å²) in [5.41, 5.74) is -1.67. The summed E-state index contributed by atoms with van der Waals surface area (Å²) in [6.07, 6.45) is 0.300. The highest BCUT2D eigenvalue weighted by atomic mass is 35.5. The molecule has 6 nitrogen and oxygen atoms in total. The first-order valence-corrected chi connectivity index (χ1v) is 12.5. The van der Waals surface area contributed by atoms with Gasteiger partial charge < -0.3 is 14.2 Å². The molecule has 3 aromatic carbocycles. The van der Waals surface area contributed by atoms with Crippen molar-refractivity contribution >= 4 is 29.0 Å². The second-order valence-electron chi connectivity index (χ2n) is 9.73. The Hall–Kier alpha value is -3.64. The number of ether oxygens (including phenoxy) is 3. The van der Waals surface area contributed by atoms with Gasteiger partial charge in [0.15, 0.2) is 11.5 Å². The summed E-state index contributed by atoms with van der Waals surface area (Å²) >= 11 is 6.57. The molecule has 1 fully saturated rings. The lowest BCUT2D eigenvalue weighted by Gasteiger charge is -2.45. The standard InChI is InChI=1S/C30H27ClO6/c1-18-14-23(32)29(16-19-10-6-4-7-11-19,17-20-12-8-5-9-13-20)28(34)30(18)27(33)24-21(35-2)15-22(36-3)25(31)26(24)37-30/h4-13,15,18H,14,16-17H2,1-3H3/t18-,30-/m1/s1. The molecule has 1 saturated carbocycles. The quantitative estimate of drug-likeness (QED) is 0.411. The van der Waals surface area contributed by atoms with Crippen LogP contribution in [0.4, 0.5) is 0 Å². The molecule has 2 atom stereocenters. The van der Waals surface area contributed by atoms with E-state index in [1.54, 1.807) is 6.92 Å². The third-order valence-corrected chi connectivity index (χ3v) is 7.97. The van der Waals surface area contributed by atoms with E-state index >= 15 is 0 Å². The topological polar surface area (TPSA) is 78.9 Å². The monoisotopic (exact) mass is 518 g/mol. The zero-order valence-electron chi connectivity index (χ0n) is 20.9. The summed E-state index contributed by atoms with van der Waals surface area (Å²) in [7, 11) is 2.86. The Morgan fingerprint density at radius 3 is 1.95 bits per heavy atom. The first kappa shape index (κ1) is 25.0. The number of ketones is 3. The first-order chi connectivity index (χ1) is 17.8. The van der Waals surface area contributed by atoms with Gasteiger partial charge in [-0.2, -0.15) is 0 Å². The largest absolute Gasteiger partial charge is 0.496 e. The highest BCUT2D eigenvalue weighted by molar-refractivity contribution is 6.36. The van der Waals surface area contributed by atoms with E-state index in [0.717, 1.165) is 11.1 Å². The number of fused-ring (bicyclic) bond motifs is 1. The molecular formula is C30H27ClO6. The van der Waals surface area contributed by atoms with Crippen molar-refractivity contribution in [3.63, 3.8) is 0 Å². The van der Waals surface area contributed by atoms with E-state index in [4.69, 9.17) is 25.8 Å². The minimum atomic E-state index is -1.91. The van der Waals surface area contributed by atoms with Gasteiger partial charge in [-0.15, -0.1) is 0 Å². The molecule has 1 spiro atoms. The van der Waals surface area contributed by atoms with Gasteiger partial charge in [-0.3, -0.25) is 14.4 Å². The molecule has 1 heterocycles. The van der Waals surface area contributed by atoms with Gasteiger partial charge in [0.1, 0.15) is 33.3 Å². The van der Waals surface area contributed by atoms with Crippen LogP contribution in [-0.4, -0.2) is 37.2 Å². The summed E-state index contributed by atoms with van der Waals surface area (Å²) in [5, 5.41) is 0.0807. The Morgan fingerprint density at radius 1 is 0.892 bits per heavy atom. The SMILES string of the molecule is COc1cc(OC)c2c(c1Cl)O[C@]1(C2=O)C(=O)C(Cc2ccccc2)(Cc2ccccc2)C(=O)C[C@H]1C. The lowest BCUT2D eigenvalue weighted by atomic mass is 9.56. The number of carbonyl (C=O) groups excluding carboxylic acids is 3. The van der Waals surface area contributed by atoms with E-state index in [-0.39, 0.29) is 52.9 Å². The van der Waals surface area contributed by atoms with E-state index in [1.807, 2.05) is 60.7 Å². The number of benzene rings is 3. The van der Waals surface area contributed by atoms with Gasteiger partial charge in [-0.1, -0.05) is 79.2 Å². The Kier molecular flexibility index (Phi) is 6.32. The average Bonchev–Trinajstić information content (AvgIpc) is 3.23. The third kappa shape index (κ3) is 3.74. The molecule has 0 aromatic heterocycles. The smallest absolute Gasteiger partial charge is 0.233 e. The summed E-state index contributed by atoms with van der Waals surface area (Å²) in [5.74, 6) is -1.49. The Morgan fingerprint density at radius 2 is 1.43 bits per heavy atom. The van der Waals surface area contributed by atoms with Crippen molar-refractivity contribution in [1.82, 2.24) is 0 Å². The average molecular weight is 519 g/mol. The highest BCUT2D eigenvalue weighted by Crippen LogP contribution is 2.56. The fourth-order valence-electron chi connectivity index (χ4n) is 5.71. The van der Waals surface area contributed by atoms with E-state index in [2.05, 4.69) is 0 Å². The van der Waals surface area contributed by atoms with Crippen molar-refractivity contribution in [2.24, 2.45) is 11.3 Å². The van der Waals surface area contributed by atoms with Crippen LogP contribution < -0.4 is 14.2 Å². The van der Waals surface area contributed by atoms with Crippen LogP contribution in [0.15, 0.2) is 66.7 Å². The maximum atomic E-state index is 14.8. The van der Waals surface area contributed by atoms with Gasteiger partial charge in [0.25, 0.3) is 0 Å². The summed E-state index contributed by atoms with van der Waals surface area (Å²) in [6.45, 7) is 1.70. The van der Waals surface area contributed by atoms with Gasteiger partial charge in [-0.05, 0) is 24.0 Å². The number of rotatable bonds is 6. The Bertz CT molecular complexity index is 1340. The molecule has 5 rings (SSSR count). The first-order valence-electron chi connectivity index (χ1n) is 12.1. The van der Waals surface area contributed by atoms with Crippen molar-refractivity contribution in [3.8, 4) is 17.2 Å². The molecular weight excluding hydrogens is 492 g/mol. The number of carbonyl (C=O) groups is 3. The van der Waals surface area contributed by atoms with Gasteiger partial charge in [0, 0.05) is 18.4 Å². The van der Waals surface area contributed by atoms with Crippen LogP contribution in [-0.2, 0) is 22.4 Å². The minimum Gasteiger partial charge on any atom is -0.496 e. The van der Waals surface area contributed by atoms with E-state index in [0.29, 0.717) is 0 Å². The van der Waals surface area contributed by atoms with Crippen LogP contribution in [0.5, 0.6) is 17.2 Å². The number of halogens is 1. The number of hydrogen-bond donors (Lipinski definition) is 0. The molecule has 0 saturated heterocycles. The normalized spacial score (nSPS) is 22.1. The van der Waals surface area contributed by atoms with Crippen LogP contribution >= 0.6 is 11.6 Å². The van der Waals surface area contributed by atoms with Crippen molar-refractivity contribution < 1.29 is 28.6 Å². The molecule has 37 heavy (non-hydrogen) atoms. The summed E-state index contributed by atoms with van der Waals surface area (Å²) in [6, 6.07) is 20.3. The molecule has 0 unspecified atom stereocenters. The molecule has 7 heteroatoms. The molecule has 2 aliphatic rings. The fraction of sp³-hybridized carbons (Fsp3) is 0.300. The van der Waals surface area contributed by atoms with Gasteiger partial charge in [0.2, 0.25) is 11.4 Å². The van der Waals surface area contributed by atoms with E-state index in [1.165, 1.54) is 20.3 Å². The molecule has 190 valence electrons. The zero-order valence-corrected chi connectivity index (χ0v) is 21.6. The summed E-state index contributed by atoms with van der Waals surface area (Å²) in [4.78, 5) is 42.8. The van der Waals surface area contributed by atoms with Crippen molar-refractivity contribution in [2.45, 2.75) is 31.8 Å². The van der Waals surface area contributed by atoms with Crippen molar-refractivity contribution in [3.05, 3.63) is 88.4 Å². The maximum Gasteiger partial charge on any atom is 0.233 e. The highest BCUT2D eigenvalue weighted by Gasteiger charge is 2.69. The third-order valence-electron chi connectivity index (χ3n) is 7.61. The van der Waals surface area contributed by atoms with Gasteiger partial charge in [0.05, 0.1) is 14.2 Å². The van der Waals surface area contributed by atoms with Crippen LogP contribution in [0, 0.1) is 11.3 Å². The van der Waals surface area contributed by atoms with E-state index in [9.17, 15) is 14.4 Å². The lowest BCUT2D eigenvalue weighted by Crippen LogP contribution is -2.66. The van der Waals surface area contributed by atoms with Crippen LogP contribution in [0.3, 0.4) is 0 Å². The Labute approximate surface area is 220 Å². The van der Waals surface area contributed by atoms with Crippen LogP contribution in [0.1, 0.15) is 34.8 Å². The lowest BCUT2D eigenvalue weighted by molar-refractivity contribution is -0.158. The second-order valence-corrected chi connectivity index (χ2v) is 10.1. The van der Waals surface area contributed by atoms with Crippen LogP contribution in [0.25, 0.3) is 0 Å². The molecule has 1 aliphatic carbocycles. The van der Waals surface area contributed by atoms with Crippen molar-refractivity contribution in [1.29, 1.82) is 0 Å². The number of methoxy groups -OCH3 is 2. The predicted octanol–water partition coefficient (Wildman–Crippen LogP) is 5.32. The van der Waals surface area contributed by atoms with Crippen LogP contribution in [0.2, 0.25) is 5.02 Å². The summed E-state index contributed by atoms with van der Waals surface area (Å²) < 4.78 is 17.2. The number of hydrogen-bond acceptors (Lipinski definition) is 6. The molecule has 0 bridgehead atoms. The van der Waals surface area contributed by atoms with Crippen molar-refractivity contribution in [2.75, 3.05) is 14.2 Å². The Balaban J connectivity index is 1.70. The van der Waals surface area contributed by atoms with Gasteiger partial charge >= 0.3 is 0 Å². The molecule has 1 aliphatic heterocycles. The second kappa shape index (κ2) is 9.34. The molecule has 3 aromatic rings. The van der Waals surface area contributed by atoms with Gasteiger partial charge in [-0.25, -0.2) is 0 Å². The molecule has 0 amide bonds. The maximum absolute atomic E-state index is 14.8.